The van der Waals surface area contributed by atoms with Gasteiger partial charge < -0.3 is 15.2 Å². The normalized spacial score (nSPS) is 22.2. The molecule has 3 N–H and O–H groups in total. The van der Waals surface area contributed by atoms with E-state index in [0.717, 1.165) is 6.20 Å². The molecule has 0 bridgehead atoms. The number of aliphatic carboxylic acids is 1. The molecule has 0 spiro atoms. The molecule has 0 saturated heterocycles. The zero-order valence-corrected chi connectivity index (χ0v) is 11.5. The lowest BCUT2D eigenvalue weighted by Crippen LogP contribution is -2.29. The van der Waals surface area contributed by atoms with E-state index in [4.69, 9.17) is 9.84 Å². The molecule has 1 saturated carbocycles. The summed E-state index contributed by atoms with van der Waals surface area (Å²) < 4.78 is 43.8. The van der Waals surface area contributed by atoms with Gasteiger partial charge in [0.15, 0.2) is 0 Å². The number of hydrogen-bond donors (Lipinski definition) is 3. The van der Waals surface area contributed by atoms with E-state index in [1.165, 1.54) is 0 Å². The number of carbonyl (C=O) groups is 1. The number of nitrogens with one attached hydrogen (secondary N) is 2. The van der Waals surface area contributed by atoms with Crippen LogP contribution in [0.4, 0.5) is 18.9 Å². The van der Waals surface area contributed by atoms with Gasteiger partial charge in [-0.2, -0.15) is 18.3 Å². The molecule has 1 aromatic heterocycles. The van der Waals surface area contributed by atoms with Crippen LogP contribution in [0.15, 0.2) is 11.0 Å². The molecule has 0 aromatic carbocycles. The topological polar surface area (TPSA) is 104 Å². The van der Waals surface area contributed by atoms with Crippen LogP contribution in [-0.2, 0) is 15.7 Å². The van der Waals surface area contributed by atoms with Crippen LogP contribution in [-0.4, -0.2) is 40.0 Å². The first kappa shape index (κ1) is 16.3. The lowest BCUT2D eigenvalue weighted by atomic mass is 10.2. The van der Waals surface area contributed by atoms with Crippen LogP contribution in [0.25, 0.3) is 0 Å². The van der Waals surface area contributed by atoms with E-state index < -0.39 is 47.0 Å². The molecule has 1 aliphatic carbocycles. The number of ether oxygens (including phenoxy) is 1. The molecule has 0 aliphatic heterocycles. The molecule has 2 unspecified atom stereocenters. The Morgan fingerprint density at radius 1 is 1.64 bits per heavy atom. The Balaban J connectivity index is 1.98. The molecule has 122 valence electrons. The smallest absolute Gasteiger partial charge is 0.423 e. The maximum Gasteiger partial charge on any atom is 0.423 e. The highest BCUT2D eigenvalue weighted by Crippen LogP contribution is 2.34. The summed E-state index contributed by atoms with van der Waals surface area (Å²) in [4.78, 5) is 21.9. The fraction of sp³-hybridized carbons (Fsp3) is 0.583. The van der Waals surface area contributed by atoms with Crippen LogP contribution >= 0.6 is 0 Å². The molecular formula is C12H14F3N3O4. The predicted molar refractivity (Wildman–Crippen MR) is 68.4 cm³/mol. The second-order valence-electron chi connectivity index (χ2n) is 5.08. The average molecular weight is 321 g/mol. The van der Waals surface area contributed by atoms with Gasteiger partial charge in [-0.05, 0) is 13.3 Å². The number of hydrogen-bond acceptors (Lipinski definition) is 5. The van der Waals surface area contributed by atoms with Gasteiger partial charge in [0.2, 0.25) is 0 Å². The number of rotatable bonds is 6. The number of nitrogens with zero attached hydrogens (tertiary/aromatic N) is 1. The third-order valence-corrected chi connectivity index (χ3v) is 3.15. The summed E-state index contributed by atoms with van der Waals surface area (Å²) in [6.07, 6.45) is -3.97. The van der Waals surface area contributed by atoms with Gasteiger partial charge in [-0.3, -0.25) is 9.59 Å². The zero-order valence-electron chi connectivity index (χ0n) is 11.5. The molecule has 2 rings (SSSR count). The minimum Gasteiger partial charge on any atom is -0.481 e. The van der Waals surface area contributed by atoms with Gasteiger partial charge >= 0.3 is 12.1 Å². The summed E-state index contributed by atoms with van der Waals surface area (Å²) in [7, 11) is 0. The van der Waals surface area contributed by atoms with Gasteiger partial charge in [0.1, 0.15) is 5.56 Å². The summed E-state index contributed by atoms with van der Waals surface area (Å²) in [5.41, 5.74) is -3.14. The van der Waals surface area contributed by atoms with Gasteiger partial charge in [0.25, 0.3) is 5.56 Å². The van der Waals surface area contributed by atoms with E-state index in [1.807, 2.05) is 0 Å². The van der Waals surface area contributed by atoms with Crippen molar-refractivity contribution >= 4 is 11.7 Å². The van der Waals surface area contributed by atoms with Gasteiger partial charge in [-0.15, -0.1) is 0 Å². The Hall–Kier alpha value is -2.10. The third kappa shape index (κ3) is 3.75. The number of carboxylic acid groups (broad SMARTS) is 1. The Kier molecular flexibility index (Phi) is 4.40. The van der Waals surface area contributed by atoms with E-state index in [2.05, 4.69) is 10.4 Å². The summed E-state index contributed by atoms with van der Waals surface area (Å²) in [6.45, 7) is 1.57. The lowest BCUT2D eigenvalue weighted by Gasteiger charge is -2.18. The van der Waals surface area contributed by atoms with E-state index >= 15 is 0 Å². The largest absolute Gasteiger partial charge is 0.481 e. The number of alkyl halides is 3. The number of aromatic nitrogens is 2. The van der Waals surface area contributed by atoms with Crippen LogP contribution in [0.1, 0.15) is 18.9 Å². The van der Waals surface area contributed by atoms with Crippen molar-refractivity contribution in [3.63, 3.8) is 0 Å². The fourth-order valence-electron chi connectivity index (χ4n) is 1.98. The van der Waals surface area contributed by atoms with Crippen molar-refractivity contribution in [1.29, 1.82) is 0 Å². The number of halogens is 3. The van der Waals surface area contributed by atoms with E-state index in [1.54, 1.807) is 12.0 Å². The highest BCUT2D eigenvalue weighted by atomic mass is 19.4. The summed E-state index contributed by atoms with van der Waals surface area (Å²) in [6, 6.07) is -0.556. The molecule has 0 radical (unpaired) electrons. The number of anilines is 1. The first-order valence-corrected chi connectivity index (χ1v) is 6.46. The zero-order chi connectivity index (χ0) is 16.5. The van der Waals surface area contributed by atoms with E-state index in [9.17, 15) is 22.8 Å². The lowest BCUT2D eigenvalue weighted by molar-refractivity contribution is -0.140. The molecule has 1 heterocycles. The molecule has 1 aromatic rings. The Labute approximate surface area is 122 Å². The molecule has 3 atom stereocenters. The van der Waals surface area contributed by atoms with Crippen molar-refractivity contribution in [1.82, 2.24) is 10.2 Å². The van der Waals surface area contributed by atoms with Gasteiger partial charge in [0, 0.05) is 6.04 Å². The summed E-state index contributed by atoms with van der Waals surface area (Å²) in [5.74, 6) is -1.51. The van der Waals surface area contributed by atoms with E-state index in [-0.39, 0.29) is 6.61 Å². The second kappa shape index (κ2) is 5.95. The molecule has 0 amide bonds. The van der Waals surface area contributed by atoms with Crippen molar-refractivity contribution in [2.24, 2.45) is 5.92 Å². The molecule has 1 fully saturated rings. The minimum atomic E-state index is -4.82. The van der Waals surface area contributed by atoms with Crippen LogP contribution in [0.5, 0.6) is 0 Å². The fourth-order valence-corrected chi connectivity index (χ4v) is 1.98. The van der Waals surface area contributed by atoms with Crippen molar-refractivity contribution < 1.29 is 27.8 Å². The van der Waals surface area contributed by atoms with Crippen molar-refractivity contribution in [2.75, 3.05) is 11.9 Å². The van der Waals surface area contributed by atoms with Gasteiger partial charge in [-0.25, -0.2) is 5.10 Å². The third-order valence-electron chi connectivity index (χ3n) is 3.15. The maximum absolute atomic E-state index is 12.8. The van der Waals surface area contributed by atoms with Gasteiger partial charge in [0.05, 0.1) is 30.5 Å². The first-order chi connectivity index (χ1) is 10.2. The molecule has 7 nitrogen and oxygen atoms in total. The predicted octanol–water partition coefficient (Wildman–Crippen LogP) is 1.08. The Morgan fingerprint density at radius 2 is 2.32 bits per heavy atom. The standard InChI is InChI=1S/C12H14F3N3O4/c1-5(4-22-8-2-6(8)11(20)21)17-7-3-16-18-10(19)9(7)12(13,14)15/h3,5-6,8H,2,4H2,1H3,(H,20,21)(H2,17,18,19)/t5-,6?,8?/m0/s1. The molecular weight excluding hydrogens is 307 g/mol. The Morgan fingerprint density at radius 3 is 2.86 bits per heavy atom. The molecule has 1 aliphatic rings. The minimum absolute atomic E-state index is 0.0124. The van der Waals surface area contributed by atoms with Crippen molar-refractivity contribution in [3.05, 3.63) is 22.1 Å². The number of aromatic amines is 1. The Bertz CT molecular complexity index is 616. The number of H-pyrrole nitrogens is 1. The van der Waals surface area contributed by atoms with Gasteiger partial charge in [-0.1, -0.05) is 0 Å². The highest BCUT2D eigenvalue weighted by molar-refractivity contribution is 5.74. The monoisotopic (exact) mass is 321 g/mol. The summed E-state index contributed by atoms with van der Waals surface area (Å²) >= 11 is 0. The van der Waals surface area contributed by atoms with Crippen LogP contribution in [0.2, 0.25) is 0 Å². The molecule has 10 heteroatoms. The van der Waals surface area contributed by atoms with Crippen LogP contribution in [0, 0.1) is 5.92 Å². The van der Waals surface area contributed by atoms with Crippen LogP contribution < -0.4 is 10.9 Å². The van der Waals surface area contributed by atoms with Crippen molar-refractivity contribution in [3.8, 4) is 0 Å². The SMILES string of the molecule is C[C@@H](COC1CC1C(=O)O)Nc1cn[nH]c(=O)c1C(F)(F)F. The number of carboxylic acids is 1. The van der Waals surface area contributed by atoms with E-state index in [0.29, 0.717) is 6.42 Å². The van der Waals surface area contributed by atoms with Crippen LogP contribution in [0.3, 0.4) is 0 Å². The quantitative estimate of drug-likeness (QED) is 0.724. The van der Waals surface area contributed by atoms with Crippen molar-refractivity contribution in [2.45, 2.75) is 31.7 Å². The summed E-state index contributed by atoms with van der Waals surface area (Å²) in [5, 5.41) is 16.3. The average Bonchev–Trinajstić information content (AvgIpc) is 3.14. The maximum atomic E-state index is 12.8. The second-order valence-corrected chi connectivity index (χ2v) is 5.08. The highest BCUT2D eigenvalue weighted by Gasteiger charge is 2.44. The first-order valence-electron chi connectivity index (χ1n) is 6.46. The molecule has 22 heavy (non-hydrogen) atoms.